The van der Waals surface area contributed by atoms with Crippen molar-refractivity contribution in [1.29, 1.82) is 0 Å². The van der Waals surface area contributed by atoms with E-state index in [4.69, 9.17) is 23.2 Å². The molecular formula is C23H20Cl2N2O3S. The fourth-order valence-electron chi connectivity index (χ4n) is 3.77. The van der Waals surface area contributed by atoms with Crippen molar-refractivity contribution < 1.29 is 13.2 Å². The van der Waals surface area contributed by atoms with Crippen LogP contribution in [0.15, 0.2) is 65.6 Å². The third-order valence-corrected chi connectivity index (χ3v) is 7.98. The number of benzene rings is 3. The molecule has 1 aliphatic heterocycles. The molecule has 5 nitrogen and oxygen atoms in total. The fourth-order valence-corrected chi connectivity index (χ4v) is 5.76. The van der Waals surface area contributed by atoms with Crippen LogP contribution in [0.3, 0.4) is 0 Å². The Hall–Kier alpha value is -2.54. The molecule has 31 heavy (non-hydrogen) atoms. The normalized spacial score (nSPS) is 15.6. The van der Waals surface area contributed by atoms with Gasteiger partial charge in [-0.15, -0.1) is 0 Å². The molecule has 1 amide bonds. The summed E-state index contributed by atoms with van der Waals surface area (Å²) in [6, 6.07) is 16.2. The van der Waals surface area contributed by atoms with Crippen molar-refractivity contribution in [3.63, 3.8) is 0 Å². The smallest absolute Gasteiger partial charge is 0.264 e. The highest BCUT2D eigenvalue weighted by atomic mass is 35.5. The minimum Gasteiger partial charge on any atom is -0.322 e. The van der Waals surface area contributed by atoms with Crippen LogP contribution in [0.4, 0.5) is 11.4 Å². The van der Waals surface area contributed by atoms with E-state index in [0.717, 1.165) is 11.1 Å². The van der Waals surface area contributed by atoms with E-state index in [9.17, 15) is 13.2 Å². The maximum atomic E-state index is 13.2. The van der Waals surface area contributed by atoms with E-state index in [2.05, 4.69) is 5.32 Å². The minimum atomic E-state index is -3.75. The van der Waals surface area contributed by atoms with E-state index in [1.807, 2.05) is 13.8 Å². The first-order valence-corrected chi connectivity index (χ1v) is 11.9. The SMILES string of the molecule is Cc1c(Cl)cccc1NC(=O)c1ccc2c(c1)C[C@H](C)N2S(=O)(=O)c1ccc(Cl)cc1. The third kappa shape index (κ3) is 4.03. The standard InChI is InChI=1S/C23H20Cl2N2O3S/c1-14-12-17-13-16(23(28)26-21-5-3-4-20(25)15(21)2)6-11-22(17)27(14)31(29,30)19-9-7-18(24)8-10-19/h3-11,13-14H,12H2,1-2H3,(H,26,28)/t14-/m0/s1. The largest absolute Gasteiger partial charge is 0.322 e. The first kappa shape index (κ1) is 21.7. The van der Waals surface area contributed by atoms with Crippen molar-refractivity contribution in [3.05, 3.63) is 87.4 Å². The highest BCUT2D eigenvalue weighted by Crippen LogP contribution is 2.37. The molecule has 160 valence electrons. The Labute approximate surface area is 191 Å². The number of nitrogens with zero attached hydrogens (tertiary/aromatic N) is 1. The van der Waals surface area contributed by atoms with Crippen LogP contribution in [-0.2, 0) is 16.4 Å². The molecule has 8 heteroatoms. The Kier molecular flexibility index (Phi) is 5.73. The average molecular weight is 475 g/mol. The van der Waals surface area contributed by atoms with Gasteiger partial charge in [0.1, 0.15) is 0 Å². The van der Waals surface area contributed by atoms with Crippen molar-refractivity contribution in [2.24, 2.45) is 0 Å². The zero-order valence-corrected chi connectivity index (χ0v) is 19.2. The van der Waals surface area contributed by atoms with Crippen molar-refractivity contribution in [2.45, 2.75) is 31.2 Å². The number of fused-ring (bicyclic) bond motifs is 1. The summed E-state index contributed by atoms with van der Waals surface area (Å²) in [5.74, 6) is -0.278. The summed E-state index contributed by atoms with van der Waals surface area (Å²) in [5, 5.41) is 3.92. The molecule has 3 aromatic rings. The van der Waals surface area contributed by atoms with E-state index in [1.54, 1.807) is 48.5 Å². The molecule has 0 radical (unpaired) electrons. The van der Waals surface area contributed by atoms with Crippen LogP contribution in [0.2, 0.25) is 10.0 Å². The lowest BCUT2D eigenvalue weighted by molar-refractivity contribution is 0.102. The molecule has 0 saturated carbocycles. The van der Waals surface area contributed by atoms with Gasteiger partial charge in [0.05, 0.1) is 10.6 Å². The number of amides is 1. The number of anilines is 2. The number of hydrogen-bond acceptors (Lipinski definition) is 3. The summed E-state index contributed by atoms with van der Waals surface area (Å²) in [6.07, 6.45) is 0.513. The van der Waals surface area contributed by atoms with Gasteiger partial charge in [-0.25, -0.2) is 8.42 Å². The summed E-state index contributed by atoms with van der Waals surface area (Å²) >= 11 is 12.0. The quantitative estimate of drug-likeness (QED) is 0.527. The van der Waals surface area contributed by atoms with Crippen molar-refractivity contribution in [2.75, 3.05) is 9.62 Å². The molecular weight excluding hydrogens is 455 g/mol. The van der Waals surface area contributed by atoms with E-state index in [1.165, 1.54) is 16.4 Å². The number of carbonyl (C=O) groups is 1. The second-order valence-corrected chi connectivity index (χ2v) is 10.2. The fraction of sp³-hybridized carbons (Fsp3) is 0.174. The second kappa shape index (κ2) is 8.19. The van der Waals surface area contributed by atoms with Gasteiger partial charge >= 0.3 is 0 Å². The van der Waals surface area contributed by atoms with Gasteiger partial charge in [0.25, 0.3) is 15.9 Å². The van der Waals surface area contributed by atoms with Crippen molar-refractivity contribution in [3.8, 4) is 0 Å². The highest BCUT2D eigenvalue weighted by molar-refractivity contribution is 7.92. The molecule has 0 aliphatic carbocycles. The first-order valence-electron chi connectivity index (χ1n) is 9.68. The third-order valence-electron chi connectivity index (χ3n) is 5.38. The summed E-state index contributed by atoms with van der Waals surface area (Å²) in [7, 11) is -3.75. The molecule has 0 unspecified atom stereocenters. The van der Waals surface area contributed by atoms with Gasteiger partial charge in [-0.2, -0.15) is 0 Å². The van der Waals surface area contributed by atoms with Crippen molar-refractivity contribution in [1.82, 2.24) is 0 Å². The Morgan fingerprint density at radius 2 is 1.77 bits per heavy atom. The molecule has 1 atom stereocenters. The number of rotatable bonds is 4. The molecule has 3 aromatic carbocycles. The monoisotopic (exact) mass is 474 g/mol. The van der Waals surface area contributed by atoms with Gasteiger partial charge < -0.3 is 5.32 Å². The predicted molar refractivity (Wildman–Crippen MR) is 125 cm³/mol. The number of halogens is 2. The summed E-state index contributed by atoms with van der Waals surface area (Å²) in [5.41, 5.74) is 3.26. The van der Waals surface area contributed by atoms with Gasteiger partial charge in [0.15, 0.2) is 0 Å². The van der Waals surface area contributed by atoms with Crippen molar-refractivity contribution >= 4 is 50.5 Å². The number of hydrogen-bond donors (Lipinski definition) is 1. The molecule has 1 heterocycles. The van der Waals surface area contributed by atoms with E-state index in [0.29, 0.717) is 33.4 Å². The number of sulfonamides is 1. The van der Waals surface area contributed by atoms with Crippen LogP contribution in [-0.4, -0.2) is 20.4 Å². The average Bonchev–Trinajstić information content (AvgIpc) is 3.07. The van der Waals surface area contributed by atoms with Crippen LogP contribution < -0.4 is 9.62 Å². The zero-order valence-electron chi connectivity index (χ0n) is 16.9. The molecule has 1 N–H and O–H groups in total. The summed E-state index contributed by atoms with van der Waals surface area (Å²) in [6.45, 7) is 3.68. The van der Waals surface area contributed by atoms with Crippen LogP contribution in [0.25, 0.3) is 0 Å². The van der Waals surface area contributed by atoms with Gasteiger partial charge in [0, 0.05) is 27.3 Å². The van der Waals surface area contributed by atoms with E-state index >= 15 is 0 Å². The van der Waals surface area contributed by atoms with Crippen LogP contribution >= 0.6 is 23.2 Å². The maximum absolute atomic E-state index is 13.2. The highest BCUT2D eigenvalue weighted by Gasteiger charge is 2.36. The van der Waals surface area contributed by atoms with Crippen LogP contribution in [0.1, 0.15) is 28.4 Å². The van der Waals surface area contributed by atoms with Gasteiger partial charge in [-0.05, 0) is 86.0 Å². The summed E-state index contributed by atoms with van der Waals surface area (Å²) in [4.78, 5) is 13.0. The Morgan fingerprint density at radius 3 is 2.48 bits per heavy atom. The van der Waals surface area contributed by atoms with Gasteiger partial charge in [-0.3, -0.25) is 9.10 Å². The lowest BCUT2D eigenvalue weighted by Gasteiger charge is -2.24. The lowest BCUT2D eigenvalue weighted by atomic mass is 10.1. The van der Waals surface area contributed by atoms with E-state index in [-0.39, 0.29) is 16.8 Å². The molecule has 1 aliphatic rings. The second-order valence-electron chi connectivity index (χ2n) is 7.52. The topological polar surface area (TPSA) is 66.5 Å². The van der Waals surface area contributed by atoms with Gasteiger partial charge in [-0.1, -0.05) is 29.3 Å². The maximum Gasteiger partial charge on any atom is 0.264 e. The molecule has 0 bridgehead atoms. The minimum absolute atomic E-state index is 0.176. The Bertz CT molecular complexity index is 1270. The Balaban J connectivity index is 1.64. The number of carbonyl (C=O) groups excluding carboxylic acids is 1. The number of nitrogens with one attached hydrogen (secondary N) is 1. The molecule has 4 rings (SSSR count). The molecule has 0 fully saturated rings. The first-order chi connectivity index (χ1) is 14.7. The van der Waals surface area contributed by atoms with E-state index < -0.39 is 10.0 Å². The predicted octanol–water partition coefficient (Wildman–Crippen LogP) is 5.69. The molecule has 0 saturated heterocycles. The Morgan fingerprint density at radius 1 is 1.06 bits per heavy atom. The molecule has 0 aromatic heterocycles. The van der Waals surface area contributed by atoms with Crippen LogP contribution in [0, 0.1) is 6.92 Å². The summed E-state index contributed by atoms with van der Waals surface area (Å²) < 4.78 is 27.9. The molecule has 0 spiro atoms. The van der Waals surface area contributed by atoms with Crippen LogP contribution in [0.5, 0.6) is 0 Å². The van der Waals surface area contributed by atoms with Gasteiger partial charge in [0.2, 0.25) is 0 Å². The lowest BCUT2D eigenvalue weighted by Crippen LogP contribution is -2.35. The zero-order chi connectivity index (χ0) is 22.3.